The SMILES string of the molecule is CCCCC(=O)C(=C(C)C)c1ccccc1F. The van der Waals surface area contributed by atoms with Crippen LogP contribution in [0.15, 0.2) is 29.8 Å². The smallest absolute Gasteiger partial charge is 0.163 e. The van der Waals surface area contributed by atoms with Gasteiger partial charge in [0, 0.05) is 17.6 Å². The van der Waals surface area contributed by atoms with Gasteiger partial charge in [-0.1, -0.05) is 37.1 Å². The maximum absolute atomic E-state index is 13.7. The highest BCUT2D eigenvalue weighted by molar-refractivity contribution is 6.21. The minimum Gasteiger partial charge on any atom is -0.294 e. The van der Waals surface area contributed by atoms with Gasteiger partial charge in [0.25, 0.3) is 0 Å². The molecule has 1 rings (SSSR count). The van der Waals surface area contributed by atoms with Crippen molar-refractivity contribution >= 4 is 11.4 Å². The van der Waals surface area contributed by atoms with Crippen molar-refractivity contribution in [2.45, 2.75) is 40.0 Å². The molecule has 0 atom stereocenters. The van der Waals surface area contributed by atoms with Gasteiger partial charge in [-0.05, 0) is 26.3 Å². The first-order valence-corrected chi connectivity index (χ1v) is 6.03. The van der Waals surface area contributed by atoms with Crippen molar-refractivity contribution in [3.8, 4) is 0 Å². The zero-order chi connectivity index (χ0) is 12.8. The summed E-state index contributed by atoms with van der Waals surface area (Å²) in [4.78, 5) is 12.1. The Morgan fingerprint density at radius 3 is 2.41 bits per heavy atom. The molecule has 0 unspecified atom stereocenters. The van der Waals surface area contributed by atoms with Gasteiger partial charge in [0.2, 0.25) is 0 Å². The Hall–Kier alpha value is -1.44. The predicted molar refractivity (Wildman–Crippen MR) is 69.2 cm³/mol. The van der Waals surface area contributed by atoms with E-state index in [1.54, 1.807) is 18.2 Å². The lowest BCUT2D eigenvalue weighted by Crippen LogP contribution is -2.05. The van der Waals surface area contributed by atoms with Gasteiger partial charge in [0.15, 0.2) is 5.78 Å². The molecular formula is C15H19FO. The van der Waals surface area contributed by atoms with E-state index in [9.17, 15) is 9.18 Å². The quantitative estimate of drug-likeness (QED) is 0.691. The van der Waals surface area contributed by atoms with E-state index in [0.29, 0.717) is 17.6 Å². The number of ketones is 1. The van der Waals surface area contributed by atoms with E-state index in [1.807, 2.05) is 20.8 Å². The molecule has 0 bridgehead atoms. The van der Waals surface area contributed by atoms with E-state index < -0.39 is 0 Å². The van der Waals surface area contributed by atoms with Gasteiger partial charge >= 0.3 is 0 Å². The molecular weight excluding hydrogens is 215 g/mol. The summed E-state index contributed by atoms with van der Waals surface area (Å²) in [5.74, 6) is -0.287. The third-order valence-electron chi connectivity index (χ3n) is 2.68. The van der Waals surface area contributed by atoms with Crippen LogP contribution in [0.1, 0.15) is 45.6 Å². The monoisotopic (exact) mass is 234 g/mol. The van der Waals surface area contributed by atoms with Crippen LogP contribution >= 0.6 is 0 Å². The molecule has 0 saturated heterocycles. The van der Waals surface area contributed by atoms with E-state index in [-0.39, 0.29) is 11.6 Å². The number of carbonyl (C=O) groups excluding carboxylic acids is 1. The van der Waals surface area contributed by atoms with Gasteiger partial charge in [0.05, 0.1) is 0 Å². The van der Waals surface area contributed by atoms with Crippen molar-refractivity contribution in [2.24, 2.45) is 0 Å². The second kappa shape index (κ2) is 6.33. The number of benzene rings is 1. The molecule has 0 spiro atoms. The van der Waals surface area contributed by atoms with Crippen LogP contribution in [0.5, 0.6) is 0 Å². The predicted octanol–water partition coefficient (Wildman–Crippen LogP) is 4.38. The summed E-state index contributed by atoms with van der Waals surface area (Å²) in [6, 6.07) is 6.46. The second-order valence-electron chi connectivity index (χ2n) is 4.38. The highest BCUT2D eigenvalue weighted by atomic mass is 19.1. The molecule has 0 aliphatic heterocycles. The number of rotatable bonds is 5. The van der Waals surface area contributed by atoms with Crippen LogP contribution in [0.4, 0.5) is 4.39 Å². The van der Waals surface area contributed by atoms with Crippen LogP contribution in [0.3, 0.4) is 0 Å². The third kappa shape index (κ3) is 3.52. The molecule has 0 N–H and O–H groups in total. The Morgan fingerprint density at radius 2 is 1.88 bits per heavy atom. The fourth-order valence-corrected chi connectivity index (χ4v) is 1.82. The summed E-state index contributed by atoms with van der Waals surface area (Å²) in [6.45, 7) is 5.75. The van der Waals surface area contributed by atoms with Crippen molar-refractivity contribution in [1.82, 2.24) is 0 Å². The number of Topliss-reactive ketones (excluding diaryl/α,β-unsaturated/α-hetero) is 1. The molecule has 0 aliphatic rings. The number of hydrogen-bond donors (Lipinski definition) is 0. The summed E-state index contributed by atoms with van der Waals surface area (Å²) in [7, 11) is 0. The molecule has 2 heteroatoms. The average Bonchev–Trinajstić information content (AvgIpc) is 2.29. The number of halogens is 1. The highest BCUT2D eigenvalue weighted by Gasteiger charge is 2.16. The largest absolute Gasteiger partial charge is 0.294 e. The van der Waals surface area contributed by atoms with Gasteiger partial charge < -0.3 is 0 Å². The molecule has 1 nitrogen and oxygen atoms in total. The van der Waals surface area contributed by atoms with Crippen molar-refractivity contribution < 1.29 is 9.18 Å². The normalized spacial score (nSPS) is 10.1. The Labute approximate surface area is 102 Å². The maximum atomic E-state index is 13.7. The van der Waals surface area contributed by atoms with Crippen molar-refractivity contribution in [1.29, 1.82) is 0 Å². The van der Waals surface area contributed by atoms with Crippen LogP contribution in [0, 0.1) is 5.82 Å². The number of hydrogen-bond acceptors (Lipinski definition) is 1. The standard InChI is InChI=1S/C15H19FO/c1-4-5-10-14(17)15(11(2)3)12-8-6-7-9-13(12)16/h6-9H,4-5,10H2,1-3H3. The molecule has 92 valence electrons. The molecule has 17 heavy (non-hydrogen) atoms. The number of allylic oxidation sites excluding steroid dienone is 2. The Morgan fingerprint density at radius 1 is 1.24 bits per heavy atom. The first-order chi connectivity index (χ1) is 8.07. The van der Waals surface area contributed by atoms with Crippen LogP contribution < -0.4 is 0 Å². The van der Waals surface area contributed by atoms with E-state index in [2.05, 4.69) is 0 Å². The van der Waals surface area contributed by atoms with E-state index in [4.69, 9.17) is 0 Å². The third-order valence-corrected chi connectivity index (χ3v) is 2.68. The molecule has 0 aliphatic carbocycles. The summed E-state index contributed by atoms with van der Waals surface area (Å²) in [5, 5.41) is 0. The highest BCUT2D eigenvalue weighted by Crippen LogP contribution is 2.24. The topological polar surface area (TPSA) is 17.1 Å². The Bertz CT molecular complexity index is 428. The van der Waals surface area contributed by atoms with Crippen molar-refractivity contribution in [2.75, 3.05) is 0 Å². The molecule has 0 amide bonds. The van der Waals surface area contributed by atoms with Crippen LogP contribution in [-0.4, -0.2) is 5.78 Å². The van der Waals surface area contributed by atoms with Crippen LogP contribution in [0.2, 0.25) is 0 Å². The van der Waals surface area contributed by atoms with Gasteiger partial charge in [-0.25, -0.2) is 4.39 Å². The van der Waals surface area contributed by atoms with E-state index in [0.717, 1.165) is 18.4 Å². The Kier molecular flexibility index (Phi) is 5.08. The first-order valence-electron chi connectivity index (χ1n) is 6.03. The van der Waals surface area contributed by atoms with Gasteiger partial charge in [0.1, 0.15) is 5.82 Å². The Balaban J connectivity index is 3.09. The lowest BCUT2D eigenvalue weighted by atomic mass is 9.94. The van der Waals surface area contributed by atoms with E-state index >= 15 is 0 Å². The van der Waals surface area contributed by atoms with Crippen LogP contribution in [0.25, 0.3) is 5.57 Å². The zero-order valence-corrected chi connectivity index (χ0v) is 10.7. The van der Waals surface area contributed by atoms with Crippen molar-refractivity contribution in [3.05, 3.63) is 41.2 Å². The minimum absolute atomic E-state index is 0.0388. The summed E-state index contributed by atoms with van der Waals surface area (Å²) in [5.41, 5.74) is 1.83. The van der Waals surface area contributed by atoms with E-state index in [1.165, 1.54) is 6.07 Å². The number of carbonyl (C=O) groups is 1. The lowest BCUT2D eigenvalue weighted by molar-refractivity contribution is -0.113. The molecule has 1 aromatic rings. The zero-order valence-electron chi connectivity index (χ0n) is 10.7. The lowest BCUT2D eigenvalue weighted by Gasteiger charge is -2.10. The average molecular weight is 234 g/mol. The maximum Gasteiger partial charge on any atom is 0.163 e. The first kappa shape index (κ1) is 13.6. The molecule has 1 aromatic carbocycles. The molecule has 0 saturated carbocycles. The number of unbranched alkanes of at least 4 members (excludes halogenated alkanes) is 1. The molecule has 0 fully saturated rings. The van der Waals surface area contributed by atoms with Gasteiger partial charge in [-0.15, -0.1) is 0 Å². The summed E-state index contributed by atoms with van der Waals surface area (Å²) < 4.78 is 13.7. The molecule has 0 aromatic heterocycles. The minimum atomic E-state index is -0.325. The second-order valence-corrected chi connectivity index (χ2v) is 4.38. The van der Waals surface area contributed by atoms with Gasteiger partial charge in [-0.2, -0.15) is 0 Å². The summed E-state index contributed by atoms with van der Waals surface area (Å²) in [6.07, 6.45) is 2.31. The molecule has 0 radical (unpaired) electrons. The summed E-state index contributed by atoms with van der Waals surface area (Å²) >= 11 is 0. The molecule has 0 heterocycles. The van der Waals surface area contributed by atoms with Gasteiger partial charge in [-0.3, -0.25) is 4.79 Å². The fraction of sp³-hybridized carbons (Fsp3) is 0.400. The van der Waals surface area contributed by atoms with Crippen LogP contribution in [-0.2, 0) is 4.79 Å². The fourth-order valence-electron chi connectivity index (χ4n) is 1.82. The van der Waals surface area contributed by atoms with Crippen molar-refractivity contribution in [3.63, 3.8) is 0 Å².